The van der Waals surface area contributed by atoms with Gasteiger partial charge in [0.1, 0.15) is 0 Å². The minimum atomic E-state index is -2.76. The third-order valence-electron chi connectivity index (χ3n) is 3.27. The van der Waals surface area contributed by atoms with Gasteiger partial charge in [-0.05, 0) is 38.8 Å². The van der Waals surface area contributed by atoms with Gasteiger partial charge < -0.3 is 10.6 Å². The van der Waals surface area contributed by atoms with Crippen LogP contribution >= 0.6 is 0 Å². The van der Waals surface area contributed by atoms with Crippen molar-refractivity contribution < 1.29 is 8.42 Å². The standard InChI is InChI=1S/C10H20N2O2S/c13-15(14)7-1-2-10(8-15)12-9-3-5-11-6-4-9/h9-12H,1-8H2. The molecule has 0 radical (unpaired) electrons. The predicted molar refractivity (Wildman–Crippen MR) is 60.7 cm³/mol. The molecule has 15 heavy (non-hydrogen) atoms. The molecule has 2 heterocycles. The lowest BCUT2D eigenvalue weighted by Gasteiger charge is -2.30. The zero-order valence-electron chi connectivity index (χ0n) is 9.04. The Kier molecular flexibility index (Phi) is 3.64. The number of piperidine rings is 1. The Bertz CT molecular complexity index is 297. The van der Waals surface area contributed by atoms with Gasteiger partial charge in [-0.25, -0.2) is 8.42 Å². The van der Waals surface area contributed by atoms with E-state index in [0.29, 0.717) is 17.5 Å². The van der Waals surface area contributed by atoms with Crippen LogP contribution in [0.15, 0.2) is 0 Å². The number of sulfone groups is 1. The van der Waals surface area contributed by atoms with E-state index >= 15 is 0 Å². The second-order valence-electron chi connectivity index (χ2n) is 4.64. The van der Waals surface area contributed by atoms with Gasteiger partial charge in [-0.1, -0.05) is 0 Å². The van der Waals surface area contributed by atoms with Crippen molar-refractivity contribution in [3.8, 4) is 0 Å². The van der Waals surface area contributed by atoms with Crippen molar-refractivity contribution >= 4 is 9.84 Å². The van der Waals surface area contributed by atoms with Gasteiger partial charge in [0.05, 0.1) is 11.5 Å². The van der Waals surface area contributed by atoms with E-state index < -0.39 is 9.84 Å². The highest BCUT2D eigenvalue weighted by Gasteiger charge is 2.26. The third-order valence-corrected chi connectivity index (χ3v) is 5.09. The van der Waals surface area contributed by atoms with Gasteiger partial charge in [0.25, 0.3) is 0 Å². The summed E-state index contributed by atoms with van der Waals surface area (Å²) in [6.07, 6.45) is 4.08. The van der Waals surface area contributed by atoms with Crippen LogP contribution in [-0.4, -0.2) is 45.1 Å². The maximum atomic E-state index is 11.5. The molecule has 0 aromatic heterocycles. The summed E-state index contributed by atoms with van der Waals surface area (Å²) >= 11 is 0. The van der Waals surface area contributed by atoms with Crippen LogP contribution in [0, 0.1) is 0 Å². The summed E-state index contributed by atoms with van der Waals surface area (Å²) in [5.74, 6) is 0.730. The molecule has 1 unspecified atom stereocenters. The van der Waals surface area contributed by atoms with Crippen molar-refractivity contribution in [3.05, 3.63) is 0 Å². The van der Waals surface area contributed by atoms with Gasteiger partial charge in [0.15, 0.2) is 9.84 Å². The Hall–Kier alpha value is -0.130. The summed E-state index contributed by atoms with van der Waals surface area (Å²) in [7, 11) is -2.76. The average molecular weight is 232 g/mol. The number of rotatable bonds is 2. The summed E-state index contributed by atoms with van der Waals surface area (Å²) < 4.78 is 22.9. The number of hydrogen-bond donors (Lipinski definition) is 2. The predicted octanol–water partition coefficient (Wildman–Crippen LogP) is -0.0948. The Morgan fingerprint density at radius 2 is 1.80 bits per heavy atom. The van der Waals surface area contributed by atoms with E-state index in [1.165, 1.54) is 0 Å². The van der Waals surface area contributed by atoms with Crippen LogP contribution in [0.3, 0.4) is 0 Å². The van der Waals surface area contributed by atoms with Crippen LogP contribution < -0.4 is 10.6 Å². The topological polar surface area (TPSA) is 58.2 Å². The second kappa shape index (κ2) is 4.80. The Balaban J connectivity index is 1.83. The Labute approximate surface area is 91.7 Å². The number of hydrogen-bond acceptors (Lipinski definition) is 4. The quantitative estimate of drug-likeness (QED) is 0.698. The van der Waals surface area contributed by atoms with Crippen molar-refractivity contribution in [2.24, 2.45) is 0 Å². The van der Waals surface area contributed by atoms with Crippen molar-refractivity contribution in [2.75, 3.05) is 24.6 Å². The first-order valence-corrected chi connectivity index (χ1v) is 7.65. The van der Waals surface area contributed by atoms with Gasteiger partial charge in [-0.2, -0.15) is 0 Å². The smallest absolute Gasteiger partial charge is 0.151 e. The molecule has 5 heteroatoms. The molecule has 2 fully saturated rings. The van der Waals surface area contributed by atoms with E-state index in [2.05, 4.69) is 10.6 Å². The van der Waals surface area contributed by atoms with Gasteiger partial charge in [0, 0.05) is 12.1 Å². The molecule has 2 N–H and O–H groups in total. The van der Waals surface area contributed by atoms with E-state index in [1.54, 1.807) is 0 Å². The van der Waals surface area contributed by atoms with Crippen molar-refractivity contribution in [3.63, 3.8) is 0 Å². The maximum absolute atomic E-state index is 11.5. The van der Waals surface area contributed by atoms with Crippen LogP contribution in [0.4, 0.5) is 0 Å². The zero-order valence-corrected chi connectivity index (χ0v) is 9.85. The highest BCUT2D eigenvalue weighted by molar-refractivity contribution is 7.91. The lowest BCUT2D eigenvalue weighted by Crippen LogP contribution is -2.48. The molecular weight excluding hydrogens is 212 g/mol. The lowest BCUT2D eigenvalue weighted by molar-refractivity contribution is 0.343. The highest BCUT2D eigenvalue weighted by atomic mass is 32.2. The van der Waals surface area contributed by atoms with Crippen LogP contribution in [-0.2, 0) is 9.84 Å². The average Bonchev–Trinajstić information content (AvgIpc) is 2.17. The molecule has 2 saturated heterocycles. The fourth-order valence-electron chi connectivity index (χ4n) is 2.48. The molecule has 0 aromatic rings. The summed E-state index contributed by atoms with van der Waals surface area (Å²) in [6, 6.07) is 0.719. The van der Waals surface area contributed by atoms with Crippen LogP contribution in [0.5, 0.6) is 0 Å². The molecule has 2 aliphatic heterocycles. The number of nitrogens with one attached hydrogen (secondary N) is 2. The van der Waals surface area contributed by atoms with Gasteiger partial charge in [-0.15, -0.1) is 0 Å². The molecule has 0 aromatic carbocycles. The van der Waals surface area contributed by atoms with E-state index in [0.717, 1.165) is 38.8 Å². The first kappa shape index (κ1) is 11.4. The molecule has 0 aliphatic carbocycles. The Morgan fingerprint density at radius 1 is 1.07 bits per heavy atom. The van der Waals surface area contributed by atoms with Crippen molar-refractivity contribution in [1.82, 2.24) is 10.6 Å². The maximum Gasteiger partial charge on any atom is 0.151 e. The lowest BCUT2D eigenvalue weighted by atomic mass is 10.0. The minimum Gasteiger partial charge on any atom is -0.317 e. The largest absolute Gasteiger partial charge is 0.317 e. The molecule has 88 valence electrons. The monoisotopic (exact) mass is 232 g/mol. The summed E-state index contributed by atoms with van der Waals surface area (Å²) in [4.78, 5) is 0. The summed E-state index contributed by atoms with van der Waals surface area (Å²) in [6.45, 7) is 2.11. The normalized spacial score (nSPS) is 32.7. The van der Waals surface area contributed by atoms with E-state index in [4.69, 9.17) is 0 Å². The molecular formula is C10H20N2O2S. The third kappa shape index (κ3) is 3.43. The fraction of sp³-hybridized carbons (Fsp3) is 1.00. The first-order chi connectivity index (χ1) is 7.16. The highest BCUT2D eigenvalue weighted by Crippen LogP contribution is 2.14. The molecule has 2 rings (SSSR count). The first-order valence-electron chi connectivity index (χ1n) is 5.83. The molecule has 0 spiro atoms. The summed E-state index contributed by atoms with van der Waals surface area (Å²) in [5.41, 5.74) is 0. The summed E-state index contributed by atoms with van der Waals surface area (Å²) in [5, 5.41) is 6.80. The van der Waals surface area contributed by atoms with Crippen LogP contribution in [0.2, 0.25) is 0 Å². The molecule has 0 bridgehead atoms. The van der Waals surface area contributed by atoms with Gasteiger partial charge >= 0.3 is 0 Å². The van der Waals surface area contributed by atoms with Gasteiger partial charge in [0.2, 0.25) is 0 Å². The second-order valence-corrected chi connectivity index (χ2v) is 6.87. The van der Waals surface area contributed by atoms with Crippen molar-refractivity contribution in [1.29, 1.82) is 0 Å². The van der Waals surface area contributed by atoms with E-state index in [-0.39, 0.29) is 6.04 Å². The fourth-order valence-corrected chi connectivity index (χ4v) is 4.13. The molecule has 4 nitrogen and oxygen atoms in total. The van der Waals surface area contributed by atoms with Gasteiger partial charge in [-0.3, -0.25) is 0 Å². The van der Waals surface area contributed by atoms with E-state index in [9.17, 15) is 8.42 Å². The van der Waals surface area contributed by atoms with E-state index in [1.807, 2.05) is 0 Å². The Morgan fingerprint density at radius 3 is 2.47 bits per heavy atom. The zero-order chi connectivity index (χ0) is 10.7. The molecule has 2 aliphatic rings. The molecule has 1 atom stereocenters. The van der Waals surface area contributed by atoms with Crippen LogP contribution in [0.1, 0.15) is 25.7 Å². The SMILES string of the molecule is O=S1(=O)CCCC(NC2CCNCC2)C1. The van der Waals surface area contributed by atoms with Crippen LogP contribution in [0.25, 0.3) is 0 Å². The van der Waals surface area contributed by atoms with Crippen molar-refractivity contribution in [2.45, 2.75) is 37.8 Å². The minimum absolute atomic E-state index is 0.201. The molecule has 0 saturated carbocycles. The molecule has 0 amide bonds.